The first kappa shape index (κ1) is 21.2. The molecule has 0 aliphatic rings. The number of rotatable bonds is 14. The van der Waals surface area contributed by atoms with E-state index < -0.39 is 21.1 Å². The SMILES string of the molecule is CCCCCCC=CCCCCCCC(C(=O)O)S(C)(=O)=O. The molecule has 130 valence electrons. The molecule has 0 aromatic carbocycles. The molecular weight excluding hydrogens is 300 g/mol. The molecule has 22 heavy (non-hydrogen) atoms. The summed E-state index contributed by atoms with van der Waals surface area (Å²) in [4.78, 5) is 10.9. The summed E-state index contributed by atoms with van der Waals surface area (Å²) < 4.78 is 22.6. The maximum Gasteiger partial charge on any atom is 0.321 e. The second-order valence-electron chi connectivity index (χ2n) is 5.97. The van der Waals surface area contributed by atoms with Crippen LogP contribution in [0.2, 0.25) is 0 Å². The second kappa shape index (κ2) is 12.7. The fraction of sp³-hybridized carbons (Fsp3) is 0.824. The second-order valence-corrected chi connectivity index (χ2v) is 8.20. The van der Waals surface area contributed by atoms with Crippen LogP contribution in [0, 0.1) is 0 Å². The van der Waals surface area contributed by atoms with Gasteiger partial charge in [0.25, 0.3) is 0 Å². The minimum Gasteiger partial charge on any atom is -0.480 e. The number of carbonyl (C=O) groups is 1. The fourth-order valence-corrected chi connectivity index (χ4v) is 3.35. The van der Waals surface area contributed by atoms with Crippen molar-refractivity contribution in [1.29, 1.82) is 0 Å². The molecule has 0 aliphatic carbocycles. The molecule has 0 radical (unpaired) electrons. The Morgan fingerprint density at radius 1 is 0.955 bits per heavy atom. The fourth-order valence-electron chi connectivity index (χ4n) is 2.39. The summed E-state index contributed by atoms with van der Waals surface area (Å²) in [6, 6.07) is 0. The molecule has 0 fully saturated rings. The predicted molar refractivity (Wildman–Crippen MR) is 91.9 cm³/mol. The summed E-state index contributed by atoms with van der Waals surface area (Å²) >= 11 is 0. The molecule has 0 spiro atoms. The van der Waals surface area contributed by atoms with Gasteiger partial charge in [-0.2, -0.15) is 0 Å². The molecule has 0 heterocycles. The molecule has 1 atom stereocenters. The normalized spacial score (nSPS) is 13.5. The van der Waals surface area contributed by atoms with Crippen molar-refractivity contribution in [1.82, 2.24) is 0 Å². The smallest absolute Gasteiger partial charge is 0.321 e. The maximum absolute atomic E-state index is 11.3. The zero-order valence-electron chi connectivity index (χ0n) is 14.1. The van der Waals surface area contributed by atoms with Crippen LogP contribution < -0.4 is 0 Å². The number of hydrogen-bond acceptors (Lipinski definition) is 3. The summed E-state index contributed by atoms with van der Waals surface area (Å²) in [5, 5.41) is 7.66. The van der Waals surface area contributed by atoms with E-state index >= 15 is 0 Å². The van der Waals surface area contributed by atoms with Crippen molar-refractivity contribution in [3.8, 4) is 0 Å². The molecular formula is C17H32O4S. The molecule has 1 N–H and O–H groups in total. The minimum atomic E-state index is -3.49. The average molecular weight is 333 g/mol. The Balaban J connectivity index is 3.57. The lowest BCUT2D eigenvalue weighted by atomic mass is 10.1. The third kappa shape index (κ3) is 11.8. The van der Waals surface area contributed by atoms with Crippen molar-refractivity contribution in [2.24, 2.45) is 0 Å². The third-order valence-electron chi connectivity index (χ3n) is 3.77. The Morgan fingerprint density at radius 2 is 1.45 bits per heavy atom. The van der Waals surface area contributed by atoms with Gasteiger partial charge in [0.15, 0.2) is 15.1 Å². The Hall–Kier alpha value is -0.840. The molecule has 0 aliphatic heterocycles. The van der Waals surface area contributed by atoms with E-state index in [0.717, 1.165) is 38.4 Å². The van der Waals surface area contributed by atoms with Crippen molar-refractivity contribution in [3.63, 3.8) is 0 Å². The molecule has 0 bridgehead atoms. The highest BCUT2D eigenvalue weighted by Crippen LogP contribution is 2.13. The molecule has 0 amide bonds. The highest BCUT2D eigenvalue weighted by Gasteiger charge is 2.27. The van der Waals surface area contributed by atoms with E-state index in [1.165, 1.54) is 25.7 Å². The van der Waals surface area contributed by atoms with Gasteiger partial charge in [0.1, 0.15) is 0 Å². The van der Waals surface area contributed by atoms with Gasteiger partial charge >= 0.3 is 5.97 Å². The van der Waals surface area contributed by atoms with E-state index in [1.807, 2.05) is 0 Å². The van der Waals surface area contributed by atoms with Gasteiger partial charge in [-0.25, -0.2) is 8.42 Å². The minimum absolute atomic E-state index is 0.224. The molecule has 4 nitrogen and oxygen atoms in total. The first-order chi connectivity index (χ1) is 10.4. The molecule has 0 aromatic heterocycles. The average Bonchev–Trinajstić information content (AvgIpc) is 2.42. The highest BCUT2D eigenvalue weighted by atomic mass is 32.2. The summed E-state index contributed by atoms with van der Waals surface area (Å²) in [7, 11) is -3.49. The molecule has 0 rings (SSSR count). The Labute approximate surface area is 135 Å². The largest absolute Gasteiger partial charge is 0.480 e. The number of allylic oxidation sites excluding steroid dienone is 2. The van der Waals surface area contributed by atoms with E-state index in [2.05, 4.69) is 19.1 Å². The van der Waals surface area contributed by atoms with Crippen LogP contribution in [0.3, 0.4) is 0 Å². The van der Waals surface area contributed by atoms with Crippen LogP contribution in [-0.4, -0.2) is 31.0 Å². The molecule has 0 aromatic rings. The van der Waals surface area contributed by atoms with Crippen molar-refractivity contribution in [2.45, 2.75) is 82.8 Å². The summed E-state index contributed by atoms with van der Waals surface area (Å²) in [5.74, 6) is -1.23. The van der Waals surface area contributed by atoms with Gasteiger partial charge in [0, 0.05) is 6.26 Å². The van der Waals surface area contributed by atoms with E-state index in [4.69, 9.17) is 5.11 Å². The zero-order chi connectivity index (χ0) is 16.8. The summed E-state index contributed by atoms with van der Waals surface area (Å²) in [6.45, 7) is 2.21. The van der Waals surface area contributed by atoms with Gasteiger partial charge in [-0.15, -0.1) is 0 Å². The monoisotopic (exact) mass is 332 g/mol. The van der Waals surface area contributed by atoms with Gasteiger partial charge in [-0.05, 0) is 32.1 Å². The standard InChI is InChI=1S/C17H32O4S/c1-3-4-5-6-7-8-9-10-11-12-13-14-15-16(17(18)19)22(2,20)21/h8-9,16H,3-7,10-15H2,1-2H3,(H,18,19). The molecule has 0 saturated heterocycles. The van der Waals surface area contributed by atoms with Gasteiger partial charge in [-0.3, -0.25) is 4.79 Å². The van der Waals surface area contributed by atoms with E-state index in [9.17, 15) is 13.2 Å². The van der Waals surface area contributed by atoms with Crippen LogP contribution in [-0.2, 0) is 14.6 Å². The van der Waals surface area contributed by atoms with E-state index in [1.54, 1.807) is 0 Å². The van der Waals surface area contributed by atoms with Crippen LogP contribution in [0.25, 0.3) is 0 Å². The lowest BCUT2D eigenvalue weighted by molar-refractivity contribution is -0.136. The zero-order valence-corrected chi connectivity index (χ0v) is 14.9. The number of carboxylic acid groups (broad SMARTS) is 1. The van der Waals surface area contributed by atoms with Gasteiger partial charge in [0.2, 0.25) is 0 Å². The first-order valence-electron chi connectivity index (χ1n) is 8.46. The number of aliphatic carboxylic acids is 1. The maximum atomic E-state index is 11.3. The van der Waals surface area contributed by atoms with Crippen LogP contribution in [0.15, 0.2) is 12.2 Å². The third-order valence-corrected chi connectivity index (χ3v) is 5.24. The first-order valence-corrected chi connectivity index (χ1v) is 10.4. The van der Waals surface area contributed by atoms with E-state index in [-0.39, 0.29) is 6.42 Å². The van der Waals surface area contributed by atoms with Gasteiger partial charge in [-0.1, -0.05) is 57.6 Å². The topological polar surface area (TPSA) is 71.4 Å². The van der Waals surface area contributed by atoms with Crippen LogP contribution >= 0.6 is 0 Å². The highest BCUT2D eigenvalue weighted by molar-refractivity contribution is 7.92. The molecule has 0 saturated carbocycles. The lowest BCUT2D eigenvalue weighted by Crippen LogP contribution is -2.29. The van der Waals surface area contributed by atoms with Crippen molar-refractivity contribution in [2.75, 3.05) is 6.26 Å². The quantitative estimate of drug-likeness (QED) is 0.379. The number of carboxylic acids is 1. The van der Waals surface area contributed by atoms with Gasteiger partial charge in [0.05, 0.1) is 0 Å². The Bertz CT molecular complexity index is 412. The number of sulfone groups is 1. The van der Waals surface area contributed by atoms with Crippen LogP contribution in [0.1, 0.15) is 77.6 Å². The van der Waals surface area contributed by atoms with E-state index in [0.29, 0.717) is 6.42 Å². The Morgan fingerprint density at radius 3 is 1.91 bits per heavy atom. The molecule has 1 unspecified atom stereocenters. The van der Waals surface area contributed by atoms with Crippen LogP contribution in [0.5, 0.6) is 0 Å². The van der Waals surface area contributed by atoms with Crippen molar-refractivity contribution in [3.05, 3.63) is 12.2 Å². The predicted octanol–water partition coefficient (Wildman–Crippen LogP) is 4.35. The van der Waals surface area contributed by atoms with Crippen LogP contribution in [0.4, 0.5) is 0 Å². The lowest BCUT2D eigenvalue weighted by Gasteiger charge is -2.09. The number of unbranched alkanes of at least 4 members (excludes halogenated alkanes) is 8. The van der Waals surface area contributed by atoms with Gasteiger partial charge < -0.3 is 5.11 Å². The molecule has 5 heteroatoms. The van der Waals surface area contributed by atoms with Crippen molar-refractivity contribution >= 4 is 15.8 Å². The summed E-state index contributed by atoms with van der Waals surface area (Å²) in [5.41, 5.74) is 0. The van der Waals surface area contributed by atoms with Crippen molar-refractivity contribution < 1.29 is 18.3 Å². The Kier molecular flexibility index (Phi) is 12.2. The number of hydrogen-bond donors (Lipinski definition) is 1. The summed E-state index contributed by atoms with van der Waals surface area (Å²) in [6.07, 6.45) is 16.7.